The maximum Gasteiger partial charge on any atom is 0.178 e. The zero-order valence-corrected chi connectivity index (χ0v) is 12.3. The number of aromatic amines is 1. The SMILES string of the molecule is CC(c1ccc(Cl)cc1)n1c(=S)[nH]c2cc(F)ccc21. The molecule has 1 atom stereocenters. The predicted molar refractivity (Wildman–Crippen MR) is 82.3 cm³/mol. The molecule has 3 rings (SSSR count). The number of hydrogen-bond acceptors (Lipinski definition) is 1. The van der Waals surface area contributed by atoms with Crippen molar-refractivity contribution < 1.29 is 4.39 Å². The largest absolute Gasteiger partial charge is 0.330 e. The van der Waals surface area contributed by atoms with Crippen LogP contribution in [0.5, 0.6) is 0 Å². The molecule has 1 aromatic heterocycles. The second-order valence-corrected chi connectivity index (χ2v) is 5.51. The van der Waals surface area contributed by atoms with Crippen molar-refractivity contribution in [2.24, 2.45) is 0 Å². The zero-order chi connectivity index (χ0) is 14.3. The van der Waals surface area contributed by atoms with Gasteiger partial charge < -0.3 is 9.55 Å². The Kier molecular flexibility index (Phi) is 3.36. The number of hydrogen-bond donors (Lipinski definition) is 1. The molecular weight excluding hydrogens is 295 g/mol. The molecule has 2 nitrogen and oxygen atoms in total. The summed E-state index contributed by atoms with van der Waals surface area (Å²) in [6.07, 6.45) is 0. The van der Waals surface area contributed by atoms with Gasteiger partial charge >= 0.3 is 0 Å². The molecular formula is C15H12ClFN2S. The van der Waals surface area contributed by atoms with Gasteiger partial charge in [-0.1, -0.05) is 23.7 Å². The van der Waals surface area contributed by atoms with Crippen molar-refractivity contribution in [3.63, 3.8) is 0 Å². The number of imidazole rings is 1. The van der Waals surface area contributed by atoms with Gasteiger partial charge in [0.1, 0.15) is 5.82 Å². The smallest absolute Gasteiger partial charge is 0.178 e. The molecule has 1 unspecified atom stereocenters. The van der Waals surface area contributed by atoms with Gasteiger partial charge in [0.2, 0.25) is 0 Å². The molecule has 0 radical (unpaired) electrons. The van der Waals surface area contributed by atoms with Crippen molar-refractivity contribution in [2.75, 3.05) is 0 Å². The van der Waals surface area contributed by atoms with Crippen molar-refractivity contribution in [1.82, 2.24) is 9.55 Å². The molecule has 0 aliphatic rings. The molecule has 0 saturated carbocycles. The van der Waals surface area contributed by atoms with Crippen LogP contribution in [0.25, 0.3) is 11.0 Å². The summed E-state index contributed by atoms with van der Waals surface area (Å²) in [6.45, 7) is 2.05. The monoisotopic (exact) mass is 306 g/mol. The average Bonchev–Trinajstić information content (AvgIpc) is 2.73. The molecule has 0 aliphatic carbocycles. The van der Waals surface area contributed by atoms with Gasteiger partial charge in [0.25, 0.3) is 0 Å². The number of aromatic nitrogens is 2. The molecule has 2 aromatic carbocycles. The van der Waals surface area contributed by atoms with Gasteiger partial charge in [-0.15, -0.1) is 0 Å². The van der Waals surface area contributed by atoms with Crippen LogP contribution in [0.1, 0.15) is 18.5 Å². The summed E-state index contributed by atoms with van der Waals surface area (Å²) in [5.74, 6) is -0.278. The summed E-state index contributed by atoms with van der Waals surface area (Å²) in [4.78, 5) is 3.04. The highest BCUT2D eigenvalue weighted by Gasteiger charge is 2.13. The lowest BCUT2D eigenvalue weighted by Gasteiger charge is -2.15. The van der Waals surface area contributed by atoms with E-state index in [-0.39, 0.29) is 11.9 Å². The Morgan fingerprint density at radius 3 is 2.60 bits per heavy atom. The molecule has 0 bridgehead atoms. The molecule has 0 fully saturated rings. The number of nitrogens with zero attached hydrogens (tertiary/aromatic N) is 1. The lowest BCUT2D eigenvalue weighted by atomic mass is 10.1. The Balaban J connectivity index is 2.16. The van der Waals surface area contributed by atoms with Crippen LogP contribution >= 0.6 is 23.8 Å². The summed E-state index contributed by atoms with van der Waals surface area (Å²) in [5, 5.41) is 0.700. The summed E-state index contributed by atoms with van der Waals surface area (Å²) in [6, 6.07) is 12.3. The van der Waals surface area contributed by atoms with E-state index in [0.717, 1.165) is 11.1 Å². The van der Waals surface area contributed by atoms with Crippen molar-refractivity contribution >= 4 is 34.9 Å². The second-order valence-electron chi connectivity index (χ2n) is 4.69. The number of rotatable bonds is 2. The van der Waals surface area contributed by atoms with E-state index in [1.54, 1.807) is 6.07 Å². The second kappa shape index (κ2) is 5.04. The Hall–Kier alpha value is -1.65. The molecule has 0 aliphatic heterocycles. The Morgan fingerprint density at radius 1 is 1.20 bits per heavy atom. The van der Waals surface area contributed by atoms with Crippen molar-refractivity contribution in [3.05, 3.63) is 63.6 Å². The van der Waals surface area contributed by atoms with E-state index < -0.39 is 0 Å². The van der Waals surface area contributed by atoms with E-state index in [4.69, 9.17) is 23.8 Å². The van der Waals surface area contributed by atoms with Gasteiger partial charge in [-0.2, -0.15) is 0 Å². The fraction of sp³-hybridized carbons (Fsp3) is 0.133. The van der Waals surface area contributed by atoms with Gasteiger partial charge in [-0.3, -0.25) is 0 Å². The van der Waals surface area contributed by atoms with E-state index in [2.05, 4.69) is 11.9 Å². The summed E-state index contributed by atoms with van der Waals surface area (Å²) in [5.41, 5.74) is 2.69. The topological polar surface area (TPSA) is 20.7 Å². The Morgan fingerprint density at radius 2 is 1.90 bits per heavy atom. The third-order valence-corrected chi connectivity index (χ3v) is 3.97. The van der Waals surface area contributed by atoms with Gasteiger partial charge in [0.15, 0.2) is 4.77 Å². The van der Waals surface area contributed by atoms with E-state index >= 15 is 0 Å². The average molecular weight is 307 g/mol. The third kappa shape index (κ3) is 2.25. The van der Waals surface area contributed by atoms with Crippen LogP contribution in [0.15, 0.2) is 42.5 Å². The minimum atomic E-state index is -0.278. The van der Waals surface area contributed by atoms with Crippen LogP contribution in [0, 0.1) is 10.6 Å². The van der Waals surface area contributed by atoms with Crippen LogP contribution in [0.4, 0.5) is 4.39 Å². The summed E-state index contributed by atoms with van der Waals surface area (Å²) in [7, 11) is 0. The molecule has 102 valence electrons. The maximum absolute atomic E-state index is 13.3. The maximum atomic E-state index is 13.3. The number of nitrogens with one attached hydrogen (secondary N) is 1. The highest BCUT2D eigenvalue weighted by molar-refractivity contribution is 7.71. The van der Waals surface area contributed by atoms with Crippen LogP contribution in [0.2, 0.25) is 5.02 Å². The van der Waals surface area contributed by atoms with Crippen LogP contribution in [-0.4, -0.2) is 9.55 Å². The molecule has 0 spiro atoms. The van der Waals surface area contributed by atoms with E-state index in [0.29, 0.717) is 15.3 Å². The minimum absolute atomic E-state index is 0.0407. The van der Waals surface area contributed by atoms with Gasteiger partial charge in [-0.05, 0) is 55.0 Å². The minimum Gasteiger partial charge on any atom is -0.330 e. The fourth-order valence-electron chi connectivity index (χ4n) is 2.38. The number of H-pyrrole nitrogens is 1. The van der Waals surface area contributed by atoms with Crippen LogP contribution < -0.4 is 0 Å². The van der Waals surface area contributed by atoms with Crippen LogP contribution in [0.3, 0.4) is 0 Å². The number of fused-ring (bicyclic) bond motifs is 1. The normalized spacial score (nSPS) is 12.8. The molecule has 0 saturated heterocycles. The van der Waals surface area contributed by atoms with E-state index in [1.165, 1.54) is 12.1 Å². The highest BCUT2D eigenvalue weighted by atomic mass is 35.5. The number of benzene rings is 2. The molecule has 3 aromatic rings. The molecule has 1 N–H and O–H groups in total. The fourth-order valence-corrected chi connectivity index (χ4v) is 2.87. The molecule has 5 heteroatoms. The first-order valence-electron chi connectivity index (χ1n) is 6.21. The first kappa shape index (κ1) is 13.3. The van der Waals surface area contributed by atoms with Gasteiger partial charge in [0.05, 0.1) is 17.1 Å². The molecule has 1 heterocycles. The molecule has 20 heavy (non-hydrogen) atoms. The van der Waals surface area contributed by atoms with Gasteiger partial charge in [0, 0.05) is 5.02 Å². The predicted octanol–water partition coefficient (Wildman–Crippen LogP) is 5.10. The lowest BCUT2D eigenvalue weighted by molar-refractivity contribution is 0.628. The Bertz CT molecular complexity index is 820. The molecule has 0 amide bonds. The van der Waals surface area contributed by atoms with Crippen molar-refractivity contribution in [2.45, 2.75) is 13.0 Å². The summed E-state index contributed by atoms with van der Waals surface area (Å²) < 4.78 is 15.8. The lowest BCUT2D eigenvalue weighted by Crippen LogP contribution is -2.06. The Labute approximate surface area is 125 Å². The van der Waals surface area contributed by atoms with E-state index in [9.17, 15) is 4.39 Å². The van der Waals surface area contributed by atoms with E-state index in [1.807, 2.05) is 28.8 Å². The van der Waals surface area contributed by atoms with Crippen molar-refractivity contribution in [3.8, 4) is 0 Å². The zero-order valence-electron chi connectivity index (χ0n) is 10.7. The van der Waals surface area contributed by atoms with Crippen molar-refractivity contribution in [1.29, 1.82) is 0 Å². The first-order chi connectivity index (χ1) is 9.56. The standard InChI is InChI=1S/C15H12ClFN2S/c1-9(10-2-4-11(16)5-3-10)19-14-7-6-12(17)8-13(14)18-15(19)20/h2-9H,1H3,(H,18,20). The summed E-state index contributed by atoms with van der Waals surface area (Å²) >= 11 is 11.3. The third-order valence-electron chi connectivity index (χ3n) is 3.42. The quantitative estimate of drug-likeness (QED) is 0.653. The number of halogens is 2. The van der Waals surface area contributed by atoms with Gasteiger partial charge in [-0.25, -0.2) is 4.39 Å². The van der Waals surface area contributed by atoms with Crippen LogP contribution in [-0.2, 0) is 0 Å². The highest BCUT2D eigenvalue weighted by Crippen LogP contribution is 2.25. The first-order valence-corrected chi connectivity index (χ1v) is 7.00.